The number of nitrogens with one attached hydrogen (secondary N) is 2. The number of hydrogen-bond acceptors (Lipinski definition) is 2. The molecule has 1 amide bonds. The number of carbonyl (C=O) groups is 1. The molecule has 5 nitrogen and oxygen atoms in total. The molecule has 0 heterocycles. The van der Waals surface area contributed by atoms with Gasteiger partial charge in [0.2, 0.25) is 5.91 Å². The van der Waals surface area contributed by atoms with Gasteiger partial charge in [0.05, 0.1) is 13.1 Å². The zero-order valence-corrected chi connectivity index (χ0v) is 16.9. The molecular weight excluding hydrogens is 427 g/mol. The Hall–Kier alpha value is -2.09. The number of aliphatic imine (C=N–C) groups is 1. The highest BCUT2D eigenvalue weighted by molar-refractivity contribution is 14.0. The van der Waals surface area contributed by atoms with E-state index in [9.17, 15) is 4.79 Å². The summed E-state index contributed by atoms with van der Waals surface area (Å²) in [6.45, 7) is 1.42. The fourth-order valence-corrected chi connectivity index (χ4v) is 2.03. The van der Waals surface area contributed by atoms with E-state index in [0.717, 1.165) is 11.1 Å². The minimum absolute atomic E-state index is 0. The number of hydrogen-bond donors (Lipinski definition) is 2. The normalized spacial score (nSPS) is 10.6. The summed E-state index contributed by atoms with van der Waals surface area (Å²) in [5.74, 6) is 0.627. The fourth-order valence-electron chi connectivity index (χ4n) is 2.03. The maximum atomic E-state index is 11.8. The first-order chi connectivity index (χ1) is 11.6. The summed E-state index contributed by atoms with van der Waals surface area (Å²) < 4.78 is 0. The predicted molar refractivity (Wildman–Crippen MR) is 113 cm³/mol. The van der Waals surface area contributed by atoms with Crippen LogP contribution in [0.4, 0.5) is 0 Å². The monoisotopic (exact) mass is 452 g/mol. The van der Waals surface area contributed by atoms with E-state index in [-0.39, 0.29) is 36.4 Å². The lowest BCUT2D eigenvalue weighted by Crippen LogP contribution is -2.42. The Morgan fingerprint density at radius 2 is 1.48 bits per heavy atom. The smallest absolute Gasteiger partial charge is 0.241 e. The van der Waals surface area contributed by atoms with E-state index in [0.29, 0.717) is 19.0 Å². The topological polar surface area (TPSA) is 56.7 Å². The number of likely N-dealkylation sites (N-methyl/N-ethyl adjacent to an activating group) is 1. The SMILES string of the molecule is CN(C)C(=O)CNC(=NCc1ccccc1)NCc1ccccc1.I. The van der Waals surface area contributed by atoms with Gasteiger partial charge in [-0.2, -0.15) is 0 Å². The summed E-state index contributed by atoms with van der Waals surface area (Å²) in [6, 6.07) is 20.1. The third-order valence-electron chi connectivity index (χ3n) is 3.47. The van der Waals surface area contributed by atoms with Gasteiger partial charge in [0.1, 0.15) is 0 Å². The van der Waals surface area contributed by atoms with Crippen molar-refractivity contribution in [2.45, 2.75) is 13.1 Å². The average molecular weight is 452 g/mol. The van der Waals surface area contributed by atoms with Crippen LogP contribution in [0.3, 0.4) is 0 Å². The van der Waals surface area contributed by atoms with Gasteiger partial charge in [-0.05, 0) is 11.1 Å². The van der Waals surface area contributed by atoms with Gasteiger partial charge in [-0.1, -0.05) is 60.7 Å². The van der Waals surface area contributed by atoms with E-state index >= 15 is 0 Å². The third kappa shape index (κ3) is 8.02. The molecule has 2 aromatic rings. The molecule has 134 valence electrons. The van der Waals surface area contributed by atoms with Gasteiger partial charge in [-0.15, -0.1) is 24.0 Å². The summed E-state index contributed by atoms with van der Waals surface area (Å²) in [4.78, 5) is 17.9. The summed E-state index contributed by atoms with van der Waals surface area (Å²) in [6.07, 6.45) is 0. The van der Waals surface area contributed by atoms with Crippen LogP contribution in [0.25, 0.3) is 0 Å². The van der Waals surface area contributed by atoms with Gasteiger partial charge in [0.15, 0.2) is 5.96 Å². The number of benzene rings is 2. The van der Waals surface area contributed by atoms with Crippen molar-refractivity contribution in [1.29, 1.82) is 0 Å². The summed E-state index contributed by atoms with van der Waals surface area (Å²) >= 11 is 0. The Morgan fingerprint density at radius 1 is 0.920 bits per heavy atom. The minimum atomic E-state index is 0. The molecule has 0 radical (unpaired) electrons. The van der Waals surface area contributed by atoms with Crippen LogP contribution in [0.2, 0.25) is 0 Å². The zero-order chi connectivity index (χ0) is 17.2. The number of halogens is 1. The molecule has 0 aromatic heterocycles. The molecule has 0 saturated carbocycles. The van der Waals surface area contributed by atoms with Gasteiger partial charge >= 0.3 is 0 Å². The minimum Gasteiger partial charge on any atom is -0.352 e. The van der Waals surface area contributed by atoms with Crippen LogP contribution in [0, 0.1) is 0 Å². The predicted octanol–water partition coefficient (Wildman–Crippen LogP) is 2.63. The Balaban J connectivity index is 0.00000312. The second-order valence-corrected chi connectivity index (χ2v) is 5.63. The molecule has 0 fully saturated rings. The quantitative estimate of drug-likeness (QED) is 0.403. The average Bonchev–Trinajstić information content (AvgIpc) is 2.62. The van der Waals surface area contributed by atoms with Crippen LogP contribution < -0.4 is 10.6 Å². The van der Waals surface area contributed by atoms with Crippen LogP contribution >= 0.6 is 24.0 Å². The van der Waals surface area contributed by atoms with Crippen molar-refractivity contribution in [3.05, 3.63) is 71.8 Å². The number of guanidine groups is 1. The van der Waals surface area contributed by atoms with E-state index in [1.165, 1.54) is 0 Å². The van der Waals surface area contributed by atoms with Crippen molar-refractivity contribution < 1.29 is 4.79 Å². The second kappa shape index (κ2) is 11.5. The number of rotatable bonds is 6. The summed E-state index contributed by atoms with van der Waals surface area (Å²) in [5.41, 5.74) is 2.28. The van der Waals surface area contributed by atoms with Crippen molar-refractivity contribution in [3.8, 4) is 0 Å². The Bertz CT molecular complexity index is 660. The molecule has 0 saturated heterocycles. The molecule has 2 N–H and O–H groups in total. The molecule has 0 atom stereocenters. The molecule has 0 bridgehead atoms. The highest BCUT2D eigenvalue weighted by Gasteiger charge is 2.06. The van der Waals surface area contributed by atoms with E-state index in [4.69, 9.17) is 0 Å². The lowest BCUT2D eigenvalue weighted by Gasteiger charge is -2.15. The van der Waals surface area contributed by atoms with E-state index in [1.807, 2.05) is 60.7 Å². The van der Waals surface area contributed by atoms with Crippen molar-refractivity contribution in [3.63, 3.8) is 0 Å². The highest BCUT2D eigenvalue weighted by Crippen LogP contribution is 2.01. The molecule has 0 spiro atoms. The zero-order valence-electron chi connectivity index (χ0n) is 14.6. The van der Waals surface area contributed by atoms with Crippen LogP contribution in [-0.4, -0.2) is 37.4 Å². The fraction of sp³-hybridized carbons (Fsp3) is 0.263. The molecule has 0 aliphatic rings. The molecule has 0 aliphatic carbocycles. The van der Waals surface area contributed by atoms with Crippen molar-refractivity contribution >= 4 is 35.8 Å². The van der Waals surface area contributed by atoms with Gasteiger partial charge < -0.3 is 15.5 Å². The van der Waals surface area contributed by atoms with Crippen LogP contribution in [0.1, 0.15) is 11.1 Å². The largest absolute Gasteiger partial charge is 0.352 e. The summed E-state index contributed by atoms with van der Waals surface area (Å²) in [7, 11) is 3.48. The maximum absolute atomic E-state index is 11.8. The molecule has 25 heavy (non-hydrogen) atoms. The van der Waals surface area contributed by atoms with Gasteiger partial charge in [-0.25, -0.2) is 4.99 Å². The first-order valence-corrected chi connectivity index (χ1v) is 7.95. The Morgan fingerprint density at radius 3 is 2.04 bits per heavy atom. The van der Waals surface area contributed by atoms with Crippen molar-refractivity contribution in [1.82, 2.24) is 15.5 Å². The third-order valence-corrected chi connectivity index (χ3v) is 3.47. The number of nitrogens with zero attached hydrogens (tertiary/aromatic N) is 2. The van der Waals surface area contributed by atoms with Gasteiger partial charge in [0.25, 0.3) is 0 Å². The molecule has 0 aliphatic heterocycles. The molecule has 0 unspecified atom stereocenters. The lowest BCUT2D eigenvalue weighted by atomic mass is 10.2. The van der Waals surface area contributed by atoms with Gasteiger partial charge in [-0.3, -0.25) is 4.79 Å². The Kier molecular flexibility index (Phi) is 9.61. The van der Waals surface area contributed by atoms with Crippen molar-refractivity contribution in [2.75, 3.05) is 20.6 Å². The number of amides is 1. The van der Waals surface area contributed by atoms with Crippen LogP contribution in [-0.2, 0) is 17.9 Å². The van der Waals surface area contributed by atoms with E-state index < -0.39 is 0 Å². The van der Waals surface area contributed by atoms with Crippen LogP contribution in [0.5, 0.6) is 0 Å². The lowest BCUT2D eigenvalue weighted by molar-refractivity contribution is -0.127. The molecule has 2 rings (SSSR count). The van der Waals surface area contributed by atoms with E-state index in [2.05, 4.69) is 15.6 Å². The number of carbonyl (C=O) groups excluding carboxylic acids is 1. The van der Waals surface area contributed by atoms with Gasteiger partial charge in [0, 0.05) is 20.6 Å². The van der Waals surface area contributed by atoms with Crippen molar-refractivity contribution in [2.24, 2.45) is 4.99 Å². The first-order valence-electron chi connectivity index (χ1n) is 7.95. The molecule has 6 heteroatoms. The maximum Gasteiger partial charge on any atom is 0.241 e. The second-order valence-electron chi connectivity index (χ2n) is 5.63. The first kappa shape index (κ1) is 21.0. The Labute approximate surface area is 166 Å². The molecular formula is C19H25IN4O. The summed E-state index contributed by atoms with van der Waals surface area (Å²) in [5, 5.41) is 6.36. The van der Waals surface area contributed by atoms with Crippen LogP contribution in [0.15, 0.2) is 65.7 Å². The highest BCUT2D eigenvalue weighted by atomic mass is 127. The standard InChI is InChI=1S/C19H24N4O.HI/c1-23(2)18(24)15-22-19(20-13-16-9-5-3-6-10-16)21-14-17-11-7-4-8-12-17;/h3-12H,13-15H2,1-2H3,(H2,20,21,22);1H. The molecule has 2 aromatic carbocycles. The van der Waals surface area contributed by atoms with E-state index in [1.54, 1.807) is 19.0 Å².